The van der Waals surface area contributed by atoms with E-state index in [1.54, 1.807) is 0 Å². The van der Waals surface area contributed by atoms with Gasteiger partial charge in [-0.15, -0.1) is 0 Å². The van der Waals surface area contributed by atoms with Crippen LogP contribution in [0.3, 0.4) is 0 Å². The molecule has 1 fully saturated rings. The van der Waals surface area contributed by atoms with Crippen LogP contribution < -0.4 is 14.8 Å². The van der Waals surface area contributed by atoms with Crippen molar-refractivity contribution < 1.29 is 9.47 Å². The highest BCUT2D eigenvalue weighted by atomic mass is 16.7. The molecule has 1 saturated heterocycles. The first-order valence-corrected chi connectivity index (χ1v) is 6.58. The van der Waals surface area contributed by atoms with E-state index in [-0.39, 0.29) is 0 Å². The second kappa shape index (κ2) is 4.28. The first-order valence-electron chi connectivity index (χ1n) is 6.58. The number of imidazole rings is 1. The number of benzene rings is 1. The molecule has 4 rings (SSSR count). The molecule has 2 aliphatic rings. The quantitative estimate of drug-likeness (QED) is 0.866. The van der Waals surface area contributed by atoms with Crippen molar-refractivity contribution in [1.29, 1.82) is 0 Å². The molecule has 1 aromatic heterocycles. The average molecular weight is 257 g/mol. The van der Waals surface area contributed by atoms with E-state index in [2.05, 4.69) is 15.3 Å². The lowest BCUT2D eigenvalue weighted by Gasteiger charge is -2.05. The van der Waals surface area contributed by atoms with Crippen LogP contribution in [0, 0.1) is 0 Å². The largest absolute Gasteiger partial charge is 0.454 e. The number of ether oxygens (including phenoxy) is 2. The molecule has 0 amide bonds. The molecule has 19 heavy (non-hydrogen) atoms. The normalized spacial score (nSPS) is 20.9. The van der Waals surface area contributed by atoms with Crippen LogP contribution in [0.15, 0.2) is 24.4 Å². The monoisotopic (exact) mass is 257 g/mol. The van der Waals surface area contributed by atoms with E-state index >= 15 is 0 Å². The van der Waals surface area contributed by atoms with Gasteiger partial charge in [0.05, 0.1) is 17.9 Å². The Morgan fingerprint density at radius 3 is 3.05 bits per heavy atom. The second-order valence-electron chi connectivity index (χ2n) is 4.90. The van der Waals surface area contributed by atoms with Crippen molar-refractivity contribution in [1.82, 2.24) is 15.3 Å². The van der Waals surface area contributed by atoms with E-state index < -0.39 is 0 Å². The minimum absolute atomic E-state index is 0.305. The van der Waals surface area contributed by atoms with Gasteiger partial charge < -0.3 is 19.8 Å². The first-order chi connectivity index (χ1) is 9.40. The molecule has 1 atom stereocenters. The molecule has 0 spiro atoms. The van der Waals surface area contributed by atoms with Crippen molar-refractivity contribution in [3.8, 4) is 22.8 Å². The number of hydrogen-bond donors (Lipinski definition) is 2. The van der Waals surface area contributed by atoms with Crippen molar-refractivity contribution in [3.63, 3.8) is 0 Å². The van der Waals surface area contributed by atoms with Gasteiger partial charge in [0.25, 0.3) is 0 Å². The maximum Gasteiger partial charge on any atom is 0.231 e. The Balaban J connectivity index is 1.65. The summed E-state index contributed by atoms with van der Waals surface area (Å²) in [6, 6.07) is 6.31. The van der Waals surface area contributed by atoms with E-state index in [4.69, 9.17) is 9.47 Å². The minimum Gasteiger partial charge on any atom is -0.454 e. The van der Waals surface area contributed by atoms with Crippen LogP contribution in [0.5, 0.6) is 11.5 Å². The summed E-state index contributed by atoms with van der Waals surface area (Å²) in [6.45, 7) is 1.38. The van der Waals surface area contributed by atoms with E-state index in [0.29, 0.717) is 12.8 Å². The van der Waals surface area contributed by atoms with Crippen LogP contribution in [-0.4, -0.2) is 23.3 Å². The van der Waals surface area contributed by atoms with E-state index in [9.17, 15) is 0 Å². The van der Waals surface area contributed by atoms with Gasteiger partial charge >= 0.3 is 0 Å². The molecular formula is C14H15N3O2. The number of H-pyrrole nitrogens is 1. The Bertz CT molecular complexity index is 602. The van der Waals surface area contributed by atoms with Crippen LogP contribution in [-0.2, 0) is 0 Å². The van der Waals surface area contributed by atoms with Gasteiger partial charge in [0.2, 0.25) is 6.79 Å². The third-order valence-electron chi connectivity index (χ3n) is 3.67. The highest BCUT2D eigenvalue weighted by Gasteiger charge is 2.20. The van der Waals surface area contributed by atoms with Gasteiger partial charge in [-0.25, -0.2) is 4.98 Å². The van der Waals surface area contributed by atoms with Gasteiger partial charge in [-0.05, 0) is 37.6 Å². The zero-order valence-electron chi connectivity index (χ0n) is 10.5. The van der Waals surface area contributed by atoms with Crippen molar-refractivity contribution in [2.75, 3.05) is 13.3 Å². The number of hydrogen-bond acceptors (Lipinski definition) is 4. The summed E-state index contributed by atoms with van der Waals surface area (Å²) in [5.74, 6) is 2.62. The third kappa shape index (κ3) is 1.86. The summed E-state index contributed by atoms with van der Waals surface area (Å²) >= 11 is 0. The molecule has 1 unspecified atom stereocenters. The first kappa shape index (κ1) is 10.9. The topological polar surface area (TPSA) is 59.2 Å². The van der Waals surface area contributed by atoms with Crippen LogP contribution in [0.2, 0.25) is 0 Å². The smallest absolute Gasteiger partial charge is 0.231 e. The maximum absolute atomic E-state index is 5.40. The lowest BCUT2D eigenvalue weighted by Crippen LogP contribution is -2.14. The minimum atomic E-state index is 0.305. The number of fused-ring (bicyclic) bond motifs is 1. The summed E-state index contributed by atoms with van der Waals surface area (Å²) in [7, 11) is 0. The highest BCUT2D eigenvalue weighted by molar-refractivity contribution is 5.64. The molecule has 3 heterocycles. The Morgan fingerprint density at radius 2 is 2.16 bits per heavy atom. The summed E-state index contributed by atoms with van der Waals surface area (Å²) in [5, 5.41) is 3.44. The van der Waals surface area contributed by atoms with Crippen molar-refractivity contribution in [2.45, 2.75) is 18.9 Å². The summed E-state index contributed by atoms with van der Waals surface area (Å²) in [5.41, 5.74) is 2.09. The van der Waals surface area contributed by atoms with Crippen molar-refractivity contribution in [3.05, 3.63) is 30.2 Å². The van der Waals surface area contributed by atoms with Crippen molar-refractivity contribution >= 4 is 0 Å². The fraction of sp³-hybridized carbons (Fsp3) is 0.357. The van der Waals surface area contributed by atoms with Gasteiger partial charge in [-0.3, -0.25) is 0 Å². The Kier molecular flexibility index (Phi) is 2.45. The molecule has 0 radical (unpaired) electrons. The molecule has 98 valence electrons. The molecule has 5 heteroatoms. The van der Waals surface area contributed by atoms with Gasteiger partial charge in [0.1, 0.15) is 5.82 Å². The molecule has 1 aromatic carbocycles. The summed E-state index contributed by atoms with van der Waals surface area (Å²) in [4.78, 5) is 7.87. The zero-order chi connectivity index (χ0) is 12.7. The molecule has 0 saturated carbocycles. The van der Waals surface area contributed by atoms with Gasteiger partial charge in [-0.2, -0.15) is 0 Å². The predicted molar refractivity (Wildman–Crippen MR) is 70.1 cm³/mol. The number of aromatic amines is 1. The summed E-state index contributed by atoms with van der Waals surface area (Å²) in [6.07, 6.45) is 4.24. The van der Waals surface area contributed by atoms with Crippen LogP contribution in [0.25, 0.3) is 11.3 Å². The lowest BCUT2D eigenvalue weighted by molar-refractivity contribution is 0.174. The number of nitrogens with one attached hydrogen (secondary N) is 2. The molecule has 5 nitrogen and oxygen atoms in total. The predicted octanol–water partition coefficient (Wildman–Crippen LogP) is 2.23. The molecule has 2 aromatic rings. The Hall–Kier alpha value is -2.01. The summed E-state index contributed by atoms with van der Waals surface area (Å²) < 4.78 is 10.7. The van der Waals surface area contributed by atoms with E-state index in [0.717, 1.165) is 41.5 Å². The number of nitrogens with zero attached hydrogens (tertiary/aromatic N) is 1. The third-order valence-corrected chi connectivity index (χ3v) is 3.67. The fourth-order valence-corrected chi connectivity index (χ4v) is 2.64. The SMILES string of the molecule is c1cc2c(cc1-c1cnc(C3CCCN3)[nH]1)OCO2. The number of aromatic nitrogens is 2. The van der Waals surface area contributed by atoms with Gasteiger partial charge in [-0.1, -0.05) is 0 Å². The average Bonchev–Trinajstić information content (AvgIpc) is 3.18. The van der Waals surface area contributed by atoms with Crippen LogP contribution in [0.1, 0.15) is 24.7 Å². The van der Waals surface area contributed by atoms with Gasteiger partial charge in [0, 0.05) is 5.56 Å². The van der Waals surface area contributed by atoms with Crippen LogP contribution >= 0.6 is 0 Å². The van der Waals surface area contributed by atoms with E-state index in [1.807, 2.05) is 24.4 Å². The molecule has 0 aliphatic carbocycles. The molecule has 2 N–H and O–H groups in total. The molecule has 2 aliphatic heterocycles. The lowest BCUT2D eigenvalue weighted by atomic mass is 10.1. The standard InChI is InChI=1S/C14H15N3O2/c1-2-10(15-5-1)14-16-7-11(17-14)9-3-4-12-13(6-9)19-8-18-12/h3-4,6-7,10,15H,1-2,5,8H2,(H,16,17). The molecular weight excluding hydrogens is 242 g/mol. The maximum atomic E-state index is 5.40. The fourth-order valence-electron chi connectivity index (χ4n) is 2.64. The number of rotatable bonds is 2. The molecule has 0 bridgehead atoms. The van der Waals surface area contributed by atoms with Gasteiger partial charge in [0.15, 0.2) is 11.5 Å². The second-order valence-corrected chi connectivity index (χ2v) is 4.90. The van der Waals surface area contributed by atoms with Crippen LogP contribution in [0.4, 0.5) is 0 Å². The Morgan fingerprint density at radius 1 is 1.21 bits per heavy atom. The van der Waals surface area contributed by atoms with Crippen molar-refractivity contribution in [2.24, 2.45) is 0 Å². The highest BCUT2D eigenvalue weighted by Crippen LogP contribution is 2.35. The van der Waals surface area contributed by atoms with E-state index in [1.165, 1.54) is 6.42 Å². The zero-order valence-corrected chi connectivity index (χ0v) is 10.5. The Labute approximate surface area is 111 Å².